The van der Waals surface area contributed by atoms with Crippen LogP contribution < -0.4 is 16.3 Å². The number of nitrogens with zero attached hydrogens (tertiary/aromatic N) is 4. The summed E-state index contributed by atoms with van der Waals surface area (Å²) in [6, 6.07) is 11.9. The van der Waals surface area contributed by atoms with E-state index in [1.165, 1.54) is 0 Å². The minimum absolute atomic E-state index is 0.0491. The molecule has 1 aromatic carbocycles. The van der Waals surface area contributed by atoms with Crippen molar-refractivity contribution in [3.05, 3.63) is 81.6 Å². The molecule has 0 atom stereocenters. The van der Waals surface area contributed by atoms with Gasteiger partial charge in [-0.05, 0) is 61.9 Å². The number of nitrogens with one attached hydrogen (secondary N) is 2. The Morgan fingerprint density at radius 1 is 1.07 bits per heavy atom. The van der Waals surface area contributed by atoms with Gasteiger partial charge in [-0.1, -0.05) is 23.7 Å². The number of ether oxygens (including phenoxy) is 1. The van der Waals surface area contributed by atoms with Gasteiger partial charge >= 0.3 is 11.9 Å². The van der Waals surface area contributed by atoms with Gasteiger partial charge in [-0.2, -0.15) is 13.2 Å². The van der Waals surface area contributed by atoms with Gasteiger partial charge in [-0.15, -0.1) is 0 Å². The molecule has 0 spiro atoms. The number of hydrogen-bond donors (Lipinski definition) is 2. The normalized spacial score (nSPS) is 17.4. The Bertz CT molecular complexity index is 1610. The molecular formula is C29H30ClF3N6O3. The van der Waals surface area contributed by atoms with E-state index in [-0.39, 0.29) is 22.7 Å². The summed E-state index contributed by atoms with van der Waals surface area (Å²) in [6.45, 7) is 1.64. The summed E-state index contributed by atoms with van der Waals surface area (Å²) in [6.07, 6.45) is 0.279. The molecule has 9 nitrogen and oxygen atoms in total. The lowest BCUT2D eigenvalue weighted by atomic mass is 9.85. The molecule has 0 aliphatic heterocycles. The highest BCUT2D eigenvalue weighted by molar-refractivity contribution is 6.30. The predicted octanol–water partition coefficient (Wildman–Crippen LogP) is 5.30. The molecule has 4 aromatic rings. The molecule has 1 saturated carbocycles. The Balaban J connectivity index is 1.28. The van der Waals surface area contributed by atoms with Crippen LogP contribution in [0.25, 0.3) is 16.7 Å². The molecule has 0 saturated heterocycles. The summed E-state index contributed by atoms with van der Waals surface area (Å²) >= 11 is 5.83. The molecular weight excluding hydrogens is 573 g/mol. The van der Waals surface area contributed by atoms with Crippen molar-refractivity contribution in [2.45, 2.75) is 44.4 Å². The van der Waals surface area contributed by atoms with Gasteiger partial charge in [0.1, 0.15) is 5.82 Å². The van der Waals surface area contributed by atoms with Gasteiger partial charge in [0.25, 0.3) is 5.91 Å². The first-order valence-corrected chi connectivity index (χ1v) is 14.0. The van der Waals surface area contributed by atoms with Gasteiger partial charge in [0.05, 0.1) is 40.1 Å². The van der Waals surface area contributed by atoms with Gasteiger partial charge in [-0.3, -0.25) is 13.9 Å². The number of hydrogen-bond acceptors (Lipinski definition) is 6. The van der Waals surface area contributed by atoms with Crippen LogP contribution in [0.5, 0.6) is 0 Å². The van der Waals surface area contributed by atoms with E-state index >= 15 is 0 Å². The second-order valence-corrected chi connectivity index (χ2v) is 10.7. The van der Waals surface area contributed by atoms with Crippen molar-refractivity contribution in [3.63, 3.8) is 0 Å². The second-order valence-electron chi connectivity index (χ2n) is 10.3. The number of methoxy groups -OCH3 is 1. The van der Waals surface area contributed by atoms with Crippen molar-refractivity contribution >= 4 is 34.4 Å². The fraction of sp³-hybridized carbons (Fsp3) is 0.379. The second kappa shape index (κ2) is 12.5. The van der Waals surface area contributed by atoms with Crippen LogP contribution in [0.4, 0.5) is 19.0 Å². The van der Waals surface area contributed by atoms with Crippen LogP contribution >= 0.6 is 11.6 Å². The quantitative estimate of drug-likeness (QED) is 0.252. The summed E-state index contributed by atoms with van der Waals surface area (Å²) in [5.74, 6) is -0.0227. The summed E-state index contributed by atoms with van der Waals surface area (Å²) in [5.41, 5.74) is 0.175. The highest BCUT2D eigenvalue weighted by Crippen LogP contribution is 2.32. The molecule has 3 aromatic heterocycles. The lowest BCUT2D eigenvalue weighted by molar-refractivity contribution is -0.141. The Morgan fingerprint density at radius 3 is 2.48 bits per heavy atom. The van der Waals surface area contributed by atoms with Crippen LogP contribution in [0, 0.1) is 5.92 Å². The standard InChI is InChI=1S/C29H30ClF3N6O3/c1-42-13-12-34-25-11-10-21(16-35-25)39-24-5-3-2-4-23(24)38(28(39)41)17-18-6-8-20(9-7-18)37-27(40)22-14-19(30)15-36-26(22)29(31,32)33/h2-5,10-11,14-16,18,20H,6-9,12-13,17H2,1H3,(H,34,35)(H,37,40). The van der Waals surface area contributed by atoms with E-state index < -0.39 is 23.3 Å². The Kier molecular flexibility index (Phi) is 8.83. The minimum atomic E-state index is -4.78. The van der Waals surface area contributed by atoms with Gasteiger partial charge in [0, 0.05) is 32.4 Å². The third kappa shape index (κ3) is 6.44. The molecule has 1 amide bonds. The summed E-state index contributed by atoms with van der Waals surface area (Å²) < 4.78 is 48.6. The van der Waals surface area contributed by atoms with Crippen molar-refractivity contribution in [2.75, 3.05) is 25.6 Å². The van der Waals surface area contributed by atoms with E-state index in [0.29, 0.717) is 56.9 Å². The SMILES string of the molecule is COCCNc1ccc(-n2c(=O)n(CC3CCC(NC(=O)c4cc(Cl)cnc4C(F)(F)F)CC3)c3ccccc32)cn1. The van der Waals surface area contributed by atoms with Gasteiger partial charge in [-0.25, -0.2) is 14.8 Å². The van der Waals surface area contributed by atoms with E-state index in [1.807, 2.05) is 36.4 Å². The number of benzene rings is 1. The average Bonchev–Trinajstić information content (AvgIpc) is 3.24. The molecule has 0 unspecified atom stereocenters. The molecule has 1 aliphatic carbocycles. The van der Waals surface area contributed by atoms with Gasteiger partial charge in [0.2, 0.25) is 0 Å². The fourth-order valence-corrected chi connectivity index (χ4v) is 5.55. The molecule has 42 heavy (non-hydrogen) atoms. The van der Waals surface area contributed by atoms with Crippen molar-refractivity contribution in [3.8, 4) is 5.69 Å². The monoisotopic (exact) mass is 602 g/mol. The number of carbonyl (C=O) groups excluding carboxylic acids is 1. The summed E-state index contributed by atoms with van der Waals surface area (Å²) in [7, 11) is 1.63. The average molecular weight is 603 g/mol. The van der Waals surface area contributed by atoms with Crippen LogP contribution in [0.15, 0.2) is 59.7 Å². The van der Waals surface area contributed by atoms with E-state index in [1.54, 1.807) is 22.4 Å². The number of para-hydroxylation sites is 2. The van der Waals surface area contributed by atoms with E-state index in [9.17, 15) is 22.8 Å². The molecule has 0 bridgehead atoms. The van der Waals surface area contributed by atoms with Crippen LogP contribution in [0.1, 0.15) is 41.7 Å². The first kappa shape index (κ1) is 29.6. The number of alkyl halides is 3. The molecule has 5 rings (SSSR count). The Morgan fingerprint density at radius 2 is 1.81 bits per heavy atom. The topological polar surface area (TPSA) is 103 Å². The Labute approximate surface area is 244 Å². The molecule has 0 radical (unpaired) electrons. The first-order chi connectivity index (χ1) is 20.2. The van der Waals surface area contributed by atoms with Crippen molar-refractivity contribution in [1.29, 1.82) is 0 Å². The predicted molar refractivity (Wildman–Crippen MR) is 153 cm³/mol. The zero-order valence-electron chi connectivity index (χ0n) is 22.8. The largest absolute Gasteiger partial charge is 0.434 e. The number of anilines is 1. The van der Waals surface area contributed by atoms with E-state index in [2.05, 4.69) is 20.6 Å². The molecule has 13 heteroatoms. The van der Waals surface area contributed by atoms with E-state index in [0.717, 1.165) is 23.3 Å². The zero-order chi connectivity index (χ0) is 29.9. The number of carbonyl (C=O) groups is 1. The number of amides is 1. The van der Waals surface area contributed by atoms with E-state index in [4.69, 9.17) is 16.3 Å². The number of aromatic nitrogens is 4. The lowest BCUT2D eigenvalue weighted by Gasteiger charge is -2.29. The third-order valence-electron chi connectivity index (χ3n) is 7.44. The number of imidazole rings is 1. The van der Waals surface area contributed by atoms with Crippen LogP contribution in [-0.4, -0.2) is 51.3 Å². The zero-order valence-corrected chi connectivity index (χ0v) is 23.6. The highest BCUT2D eigenvalue weighted by Gasteiger charge is 2.38. The lowest BCUT2D eigenvalue weighted by Crippen LogP contribution is -2.39. The highest BCUT2D eigenvalue weighted by atomic mass is 35.5. The minimum Gasteiger partial charge on any atom is -0.383 e. The van der Waals surface area contributed by atoms with Crippen LogP contribution in [0.3, 0.4) is 0 Å². The van der Waals surface area contributed by atoms with Crippen molar-refractivity contribution in [1.82, 2.24) is 24.4 Å². The van der Waals surface area contributed by atoms with Gasteiger partial charge < -0.3 is 15.4 Å². The molecule has 2 N–H and O–H groups in total. The maximum absolute atomic E-state index is 13.7. The summed E-state index contributed by atoms with van der Waals surface area (Å²) in [5, 5.41) is 5.83. The number of pyridine rings is 2. The van der Waals surface area contributed by atoms with Crippen LogP contribution in [0.2, 0.25) is 5.02 Å². The third-order valence-corrected chi connectivity index (χ3v) is 7.65. The van der Waals surface area contributed by atoms with Crippen molar-refractivity contribution in [2.24, 2.45) is 5.92 Å². The van der Waals surface area contributed by atoms with Crippen LogP contribution in [-0.2, 0) is 17.5 Å². The number of fused-ring (bicyclic) bond motifs is 1. The van der Waals surface area contributed by atoms with Crippen molar-refractivity contribution < 1.29 is 22.7 Å². The Hall–Kier alpha value is -3.90. The first-order valence-electron chi connectivity index (χ1n) is 13.6. The smallest absolute Gasteiger partial charge is 0.383 e. The maximum atomic E-state index is 13.7. The summed E-state index contributed by atoms with van der Waals surface area (Å²) in [4.78, 5) is 34.2. The fourth-order valence-electron chi connectivity index (χ4n) is 5.39. The molecule has 3 heterocycles. The maximum Gasteiger partial charge on any atom is 0.434 e. The molecule has 1 fully saturated rings. The number of rotatable bonds is 9. The van der Waals surface area contributed by atoms with Gasteiger partial charge in [0.15, 0.2) is 5.69 Å². The molecule has 1 aliphatic rings. The molecule has 222 valence electrons. The number of halogens is 4.